The van der Waals surface area contributed by atoms with Gasteiger partial charge in [0.25, 0.3) is 0 Å². The number of likely N-dealkylation sites (tertiary alicyclic amines) is 1. The van der Waals surface area contributed by atoms with E-state index in [1.807, 2.05) is 30.5 Å². The van der Waals surface area contributed by atoms with Crippen LogP contribution in [0.5, 0.6) is 0 Å². The standard InChI is InChI=1S/C18H26N2OS/c1-13(2)18(21)20-9-7-15(11-20)19-17-12-22-10-8-14-5-3-4-6-16(14)17/h3-6,13,15,17,19H,7-12H2,1-2H3/t15-,17+/m0/s1. The van der Waals surface area contributed by atoms with Crippen molar-refractivity contribution in [3.05, 3.63) is 35.4 Å². The number of thioether (sulfide) groups is 1. The monoisotopic (exact) mass is 318 g/mol. The summed E-state index contributed by atoms with van der Waals surface area (Å²) in [4.78, 5) is 14.2. The first kappa shape index (κ1) is 15.9. The zero-order valence-corrected chi connectivity index (χ0v) is 14.4. The predicted octanol–water partition coefficient (Wildman–Crippen LogP) is 2.86. The third kappa shape index (κ3) is 3.49. The van der Waals surface area contributed by atoms with Gasteiger partial charge >= 0.3 is 0 Å². The molecule has 2 atom stereocenters. The lowest BCUT2D eigenvalue weighted by Gasteiger charge is -2.24. The second-order valence-corrected chi connectivity index (χ2v) is 7.82. The Bertz CT molecular complexity index is 532. The van der Waals surface area contributed by atoms with Gasteiger partial charge in [0, 0.05) is 36.8 Å². The van der Waals surface area contributed by atoms with Crippen molar-refractivity contribution in [3.63, 3.8) is 0 Å². The molecule has 1 N–H and O–H groups in total. The van der Waals surface area contributed by atoms with E-state index in [2.05, 4.69) is 29.6 Å². The largest absolute Gasteiger partial charge is 0.341 e. The van der Waals surface area contributed by atoms with Gasteiger partial charge in [-0.25, -0.2) is 0 Å². The fraction of sp³-hybridized carbons (Fsp3) is 0.611. The van der Waals surface area contributed by atoms with Crippen LogP contribution >= 0.6 is 11.8 Å². The zero-order chi connectivity index (χ0) is 15.5. The molecule has 1 aromatic carbocycles. The van der Waals surface area contributed by atoms with Gasteiger partial charge in [0.05, 0.1) is 0 Å². The van der Waals surface area contributed by atoms with E-state index in [0.29, 0.717) is 18.0 Å². The Balaban J connectivity index is 1.65. The molecule has 22 heavy (non-hydrogen) atoms. The summed E-state index contributed by atoms with van der Waals surface area (Å²) in [6.07, 6.45) is 2.24. The Morgan fingerprint density at radius 2 is 2.18 bits per heavy atom. The van der Waals surface area contributed by atoms with Crippen LogP contribution in [0.4, 0.5) is 0 Å². The van der Waals surface area contributed by atoms with Crippen molar-refractivity contribution >= 4 is 17.7 Å². The lowest BCUT2D eigenvalue weighted by Crippen LogP contribution is -2.39. The highest BCUT2D eigenvalue weighted by atomic mass is 32.2. The van der Waals surface area contributed by atoms with Crippen molar-refractivity contribution in [1.29, 1.82) is 0 Å². The normalized spacial score (nSPS) is 25.1. The minimum atomic E-state index is 0.105. The summed E-state index contributed by atoms with van der Waals surface area (Å²) in [6, 6.07) is 9.67. The van der Waals surface area contributed by atoms with Crippen LogP contribution in [0.25, 0.3) is 0 Å². The fourth-order valence-electron chi connectivity index (χ4n) is 3.46. The van der Waals surface area contributed by atoms with Crippen LogP contribution in [0.2, 0.25) is 0 Å². The summed E-state index contributed by atoms with van der Waals surface area (Å²) in [5.74, 6) is 2.73. The lowest BCUT2D eigenvalue weighted by molar-refractivity contribution is -0.133. The number of hydrogen-bond acceptors (Lipinski definition) is 3. The highest BCUT2D eigenvalue weighted by Gasteiger charge is 2.30. The van der Waals surface area contributed by atoms with Gasteiger partial charge in [-0.05, 0) is 29.7 Å². The van der Waals surface area contributed by atoms with Crippen LogP contribution in [0.1, 0.15) is 37.4 Å². The van der Waals surface area contributed by atoms with Gasteiger partial charge in [0.1, 0.15) is 0 Å². The average molecular weight is 318 g/mol. The molecule has 4 heteroatoms. The first-order valence-electron chi connectivity index (χ1n) is 8.35. The molecule has 0 saturated carbocycles. The molecular formula is C18H26N2OS. The Kier molecular flexibility index (Phi) is 5.09. The number of hydrogen-bond donors (Lipinski definition) is 1. The first-order chi connectivity index (χ1) is 10.6. The summed E-state index contributed by atoms with van der Waals surface area (Å²) in [5.41, 5.74) is 2.94. The van der Waals surface area contributed by atoms with Crippen LogP contribution in [-0.2, 0) is 11.2 Å². The average Bonchev–Trinajstić information content (AvgIpc) is 2.88. The van der Waals surface area contributed by atoms with Gasteiger partial charge in [0.2, 0.25) is 5.91 Å². The van der Waals surface area contributed by atoms with E-state index in [1.54, 1.807) is 0 Å². The van der Waals surface area contributed by atoms with Crippen LogP contribution in [-0.4, -0.2) is 41.4 Å². The van der Waals surface area contributed by atoms with Crippen LogP contribution < -0.4 is 5.32 Å². The second-order valence-electron chi connectivity index (χ2n) is 6.67. The number of nitrogens with one attached hydrogen (secondary N) is 1. The molecule has 1 fully saturated rings. The molecular weight excluding hydrogens is 292 g/mol. The third-order valence-corrected chi connectivity index (χ3v) is 5.72. The minimum absolute atomic E-state index is 0.105. The van der Waals surface area contributed by atoms with Crippen LogP contribution in [0.15, 0.2) is 24.3 Å². The van der Waals surface area contributed by atoms with Gasteiger partial charge in [0.15, 0.2) is 0 Å². The molecule has 0 aromatic heterocycles. The van der Waals surface area contributed by atoms with E-state index in [1.165, 1.54) is 23.3 Å². The maximum absolute atomic E-state index is 12.1. The lowest BCUT2D eigenvalue weighted by atomic mass is 9.99. The Morgan fingerprint density at radius 1 is 1.36 bits per heavy atom. The van der Waals surface area contributed by atoms with Crippen molar-refractivity contribution in [1.82, 2.24) is 10.2 Å². The van der Waals surface area contributed by atoms with Gasteiger partial charge in [-0.3, -0.25) is 4.79 Å². The maximum atomic E-state index is 12.1. The van der Waals surface area contributed by atoms with Crippen molar-refractivity contribution in [2.45, 2.75) is 38.8 Å². The molecule has 1 aromatic rings. The molecule has 3 rings (SSSR count). The van der Waals surface area contributed by atoms with E-state index in [9.17, 15) is 4.79 Å². The molecule has 0 spiro atoms. The van der Waals surface area contributed by atoms with Gasteiger partial charge < -0.3 is 10.2 Å². The molecule has 2 heterocycles. The summed E-state index contributed by atoms with van der Waals surface area (Å²) in [7, 11) is 0. The molecule has 2 aliphatic rings. The summed E-state index contributed by atoms with van der Waals surface area (Å²) >= 11 is 2.03. The molecule has 1 amide bonds. The number of amides is 1. The topological polar surface area (TPSA) is 32.3 Å². The van der Waals surface area contributed by atoms with E-state index < -0.39 is 0 Å². The highest BCUT2D eigenvalue weighted by molar-refractivity contribution is 7.99. The maximum Gasteiger partial charge on any atom is 0.225 e. The summed E-state index contributed by atoms with van der Waals surface area (Å²) in [6.45, 7) is 5.74. The van der Waals surface area contributed by atoms with Crippen LogP contribution in [0, 0.1) is 5.92 Å². The van der Waals surface area contributed by atoms with Gasteiger partial charge in [-0.1, -0.05) is 38.1 Å². The van der Waals surface area contributed by atoms with Crippen LogP contribution in [0.3, 0.4) is 0 Å². The quantitative estimate of drug-likeness (QED) is 0.930. The molecule has 2 aliphatic heterocycles. The Labute approximate surface area is 137 Å². The molecule has 0 aliphatic carbocycles. The highest BCUT2D eigenvalue weighted by Crippen LogP contribution is 2.28. The van der Waals surface area contributed by atoms with Gasteiger partial charge in [-0.15, -0.1) is 0 Å². The number of carbonyl (C=O) groups is 1. The molecule has 3 nitrogen and oxygen atoms in total. The number of nitrogens with zero attached hydrogens (tertiary/aromatic N) is 1. The second kappa shape index (κ2) is 7.05. The van der Waals surface area contributed by atoms with Crippen molar-refractivity contribution < 1.29 is 4.79 Å². The van der Waals surface area contributed by atoms with Gasteiger partial charge in [-0.2, -0.15) is 11.8 Å². The first-order valence-corrected chi connectivity index (χ1v) is 9.51. The van der Waals surface area contributed by atoms with E-state index in [-0.39, 0.29) is 5.92 Å². The van der Waals surface area contributed by atoms with E-state index in [0.717, 1.165) is 25.3 Å². The Morgan fingerprint density at radius 3 is 3.00 bits per heavy atom. The fourth-order valence-corrected chi connectivity index (χ4v) is 4.50. The zero-order valence-electron chi connectivity index (χ0n) is 13.5. The minimum Gasteiger partial charge on any atom is -0.341 e. The molecule has 0 radical (unpaired) electrons. The number of aryl methyl sites for hydroxylation is 1. The number of carbonyl (C=O) groups excluding carboxylic acids is 1. The predicted molar refractivity (Wildman–Crippen MR) is 93.2 cm³/mol. The SMILES string of the molecule is CC(C)C(=O)N1CC[C@H](N[C@@H]2CSCCc3ccccc32)C1. The smallest absolute Gasteiger partial charge is 0.225 e. The molecule has 0 unspecified atom stereocenters. The summed E-state index contributed by atoms with van der Waals surface area (Å²) in [5, 5.41) is 3.82. The molecule has 1 saturated heterocycles. The van der Waals surface area contributed by atoms with Crippen molar-refractivity contribution in [2.75, 3.05) is 24.6 Å². The Hall–Kier alpha value is -1.00. The van der Waals surface area contributed by atoms with E-state index >= 15 is 0 Å². The molecule has 0 bridgehead atoms. The number of fused-ring (bicyclic) bond motifs is 1. The van der Waals surface area contributed by atoms with Crippen molar-refractivity contribution in [2.24, 2.45) is 5.92 Å². The summed E-state index contributed by atoms with van der Waals surface area (Å²) < 4.78 is 0. The number of benzene rings is 1. The van der Waals surface area contributed by atoms with Crippen molar-refractivity contribution in [3.8, 4) is 0 Å². The third-order valence-electron chi connectivity index (χ3n) is 4.66. The van der Waals surface area contributed by atoms with E-state index in [4.69, 9.17) is 0 Å². The number of rotatable bonds is 3. The molecule has 120 valence electrons.